The number of nitrogens with two attached hydrogens (primary N) is 1. The summed E-state index contributed by atoms with van der Waals surface area (Å²) in [5.74, 6) is -1.49. The summed E-state index contributed by atoms with van der Waals surface area (Å²) >= 11 is 5.83. The molecule has 21 heavy (non-hydrogen) atoms. The Morgan fingerprint density at radius 3 is 2.81 bits per heavy atom. The van der Waals surface area contributed by atoms with E-state index in [1.165, 1.54) is 16.4 Å². The van der Waals surface area contributed by atoms with Gasteiger partial charge in [-0.05, 0) is 30.9 Å². The summed E-state index contributed by atoms with van der Waals surface area (Å²) in [5, 5.41) is -0.146. The van der Waals surface area contributed by atoms with Gasteiger partial charge in [0.05, 0.1) is 5.02 Å². The van der Waals surface area contributed by atoms with Crippen molar-refractivity contribution in [1.82, 2.24) is 4.31 Å². The van der Waals surface area contributed by atoms with Crippen LogP contribution in [0.3, 0.4) is 0 Å². The minimum Gasteiger partial charge on any atom is -0.370 e. The fraction of sp³-hybridized carbons (Fsp3) is 0.462. The summed E-state index contributed by atoms with van der Waals surface area (Å²) in [6.07, 6.45) is 1.44. The first-order chi connectivity index (χ1) is 9.82. The first kappa shape index (κ1) is 16.2. The highest BCUT2D eigenvalue weighted by atomic mass is 35.5. The Balaban J connectivity index is 2.29. The van der Waals surface area contributed by atoms with E-state index in [9.17, 15) is 17.6 Å². The second-order valence-electron chi connectivity index (χ2n) is 5.09. The molecular formula is C13H16ClFN2O3S. The second kappa shape index (κ2) is 6.29. The number of nitrogens with zero attached hydrogens (tertiary/aromatic N) is 1. The molecule has 1 atom stereocenters. The minimum absolute atomic E-state index is 0.122. The molecule has 2 N–H and O–H groups in total. The molecule has 1 saturated heterocycles. The third-order valence-corrected chi connectivity index (χ3v) is 5.86. The van der Waals surface area contributed by atoms with Crippen LogP contribution in [-0.4, -0.2) is 31.7 Å². The summed E-state index contributed by atoms with van der Waals surface area (Å²) in [5.41, 5.74) is 5.15. The highest BCUT2D eigenvalue weighted by Gasteiger charge is 2.33. The monoisotopic (exact) mass is 334 g/mol. The van der Waals surface area contributed by atoms with Gasteiger partial charge in [0.15, 0.2) is 0 Å². The molecule has 1 aromatic rings. The number of benzene rings is 1. The largest absolute Gasteiger partial charge is 0.370 e. The van der Waals surface area contributed by atoms with Crippen molar-refractivity contribution in [1.29, 1.82) is 0 Å². The van der Waals surface area contributed by atoms with Crippen LogP contribution in [0.5, 0.6) is 0 Å². The van der Waals surface area contributed by atoms with Crippen LogP contribution in [0.1, 0.15) is 19.3 Å². The van der Waals surface area contributed by atoms with Gasteiger partial charge in [0.25, 0.3) is 0 Å². The summed E-state index contributed by atoms with van der Waals surface area (Å²) in [4.78, 5) is 10.5. The highest BCUT2D eigenvalue weighted by molar-refractivity contribution is 7.89. The number of primary amides is 1. The molecule has 2 rings (SSSR count). The Morgan fingerprint density at radius 1 is 1.48 bits per heavy atom. The van der Waals surface area contributed by atoms with Crippen molar-refractivity contribution in [2.75, 3.05) is 13.1 Å². The van der Waals surface area contributed by atoms with Crippen molar-refractivity contribution < 1.29 is 17.6 Å². The molecule has 1 aromatic carbocycles. The Bertz CT molecular complexity index is 631. The zero-order valence-electron chi connectivity index (χ0n) is 11.3. The fourth-order valence-corrected chi connectivity index (χ4v) is 4.67. The molecule has 0 bridgehead atoms. The van der Waals surface area contributed by atoms with Crippen molar-refractivity contribution in [2.24, 2.45) is 11.7 Å². The number of hydrogen-bond acceptors (Lipinski definition) is 3. The lowest BCUT2D eigenvalue weighted by Gasteiger charge is -2.31. The molecule has 5 nitrogen and oxygen atoms in total. The Hall–Kier alpha value is -1.18. The number of carbonyl (C=O) groups excluding carboxylic acids is 1. The van der Waals surface area contributed by atoms with E-state index in [-0.39, 0.29) is 30.5 Å². The minimum atomic E-state index is -4.02. The van der Waals surface area contributed by atoms with Gasteiger partial charge < -0.3 is 5.73 Å². The average molecular weight is 335 g/mol. The third kappa shape index (κ3) is 3.53. The smallest absolute Gasteiger partial charge is 0.247 e. The number of carbonyl (C=O) groups is 1. The van der Waals surface area contributed by atoms with E-state index in [4.69, 9.17) is 17.3 Å². The maximum absolute atomic E-state index is 13.8. The Labute approximate surface area is 127 Å². The zero-order chi connectivity index (χ0) is 15.6. The molecule has 8 heteroatoms. The van der Waals surface area contributed by atoms with Gasteiger partial charge in [-0.25, -0.2) is 12.8 Å². The normalized spacial score (nSPS) is 20.4. The summed E-state index contributed by atoms with van der Waals surface area (Å²) < 4.78 is 40.1. The van der Waals surface area contributed by atoms with Gasteiger partial charge in [0.1, 0.15) is 10.7 Å². The van der Waals surface area contributed by atoms with Gasteiger partial charge in [0.2, 0.25) is 15.9 Å². The molecule has 1 fully saturated rings. The van der Waals surface area contributed by atoms with Crippen LogP contribution in [0.2, 0.25) is 5.02 Å². The standard InChI is InChI=1S/C13H16ClFN2O3S/c14-10-4-1-5-11(15)13(10)21(19,20)17-6-2-3-9(8-17)7-12(16)18/h1,4-5,9H,2-3,6-8H2,(H2,16,18)/t9-/m0/s1. The molecule has 0 radical (unpaired) electrons. The first-order valence-electron chi connectivity index (χ1n) is 6.55. The van der Waals surface area contributed by atoms with Gasteiger partial charge >= 0.3 is 0 Å². The molecule has 1 heterocycles. The number of sulfonamides is 1. The molecular weight excluding hydrogens is 319 g/mol. The van der Waals surface area contributed by atoms with E-state index in [0.717, 1.165) is 12.5 Å². The highest BCUT2D eigenvalue weighted by Crippen LogP contribution is 2.30. The Morgan fingerprint density at radius 2 is 2.19 bits per heavy atom. The number of amides is 1. The second-order valence-corrected chi connectivity index (χ2v) is 7.37. The summed E-state index contributed by atoms with van der Waals surface area (Å²) in [6.45, 7) is 0.429. The molecule has 116 valence electrons. The van der Waals surface area contributed by atoms with Crippen molar-refractivity contribution in [3.05, 3.63) is 29.0 Å². The fourth-order valence-electron chi connectivity index (χ4n) is 2.55. The average Bonchev–Trinajstić information content (AvgIpc) is 2.37. The van der Waals surface area contributed by atoms with Gasteiger partial charge in [-0.3, -0.25) is 4.79 Å². The quantitative estimate of drug-likeness (QED) is 0.911. The van der Waals surface area contributed by atoms with E-state index in [1.807, 2.05) is 0 Å². The maximum Gasteiger partial charge on any atom is 0.247 e. The van der Waals surface area contributed by atoms with Crippen molar-refractivity contribution >= 4 is 27.5 Å². The predicted molar refractivity (Wildman–Crippen MR) is 76.7 cm³/mol. The molecule has 0 unspecified atom stereocenters. The predicted octanol–water partition coefficient (Wildman–Crippen LogP) is 1.76. The van der Waals surface area contributed by atoms with Crippen LogP contribution in [-0.2, 0) is 14.8 Å². The number of piperidine rings is 1. The molecule has 0 aromatic heterocycles. The lowest BCUT2D eigenvalue weighted by molar-refractivity contribution is -0.119. The topological polar surface area (TPSA) is 80.5 Å². The molecule has 1 amide bonds. The van der Waals surface area contributed by atoms with Gasteiger partial charge in [-0.1, -0.05) is 17.7 Å². The summed E-state index contributed by atoms with van der Waals surface area (Å²) in [7, 11) is -4.02. The van der Waals surface area contributed by atoms with Crippen LogP contribution >= 0.6 is 11.6 Å². The van der Waals surface area contributed by atoms with Crippen LogP contribution in [0.25, 0.3) is 0 Å². The number of rotatable bonds is 4. The Kier molecular flexibility index (Phi) is 4.85. The van der Waals surface area contributed by atoms with E-state index in [0.29, 0.717) is 6.42 Å². The number of halogens is 2. The van der Waals surface area contributed by atoms with Crippen LogP contribution in [0, 0.1) is 11.7 Å². The van der Waals surface area contributed by atoms with E-state index in [1.54, 1.807) is 0 Å². The van der Waals surface area contributed by atoms with Gasteiger partial charge in [0, 0.05) is 19.5 Å². The van der Waals surface area contributed by atoms with Gasteiger partial charge in [-0.2, -0.15) is 4.31 Å². The SMILES string of the molecule is NC(=O)C[C@@H]1CCCN(S(=O)(=O)c2c(F)cccc2Cl)C1. The third-order valence-electron chi connectivity index (χ3n) is 3.49. The van der Waals surface area contributed by atoms with Crippen molar-refractivity contribution in [3.8, 4) is 0 Å². The lowest BCUT2D eigenvalue weighted by atomic mass is 9.96. The molecule has 0 aliphatic carbocycles. The van der Waals surface area contributed by atoms with Crippen LogP contribution in [0.15, 0.2) is 23.1 Å². The van der Waals surface area contributed by atoms with Gasteiger partial charge in [-0.15, -0.1) is 0 Å². The number of hydrogen-bond donors (Lipinski definition) is 1. The lowest BCUT2D eigenvalue weighted by Crippen LogP contribution is -2.41. The molecule has 0 spiro atoms. The van der Waals surface area contributed by atoms with Crippen LogP contribution < -0.4 is 5.73 Å². The van der Waals surface area contributed by atoms with E-state index >= 15 is 0 Å². The zero-order valence-corrected chi connectivity index (χ0v) is 12.8. The van der Waals surface area contributed by atoms with Crippen molar-refractivity contribution in [2.45, 2.75) is 24.2 Å². The molecule has 1 aliphatic heterocycles. The molecule has 1 aliphatic rings. The molecule has 0 saturated carbocycles. The maximum atomic E-state index is 13.8. The summed E-state index contributed by atoms with van der Waals surface area (Å²) in [6, 6.07) is 3.74. The van der Waals surface area contributed by atoms with Crippen molar-refractivity contribution in [3.63, 3.8) is 0 Å². The first-order valence-corrected chi connectivity index (χ1v) is 8.36. The van der Waals surface area contributed by atoms with E-state index < -0.39 is 26.6 Å². The van der Waals surface area contributed by atoms with Crippen LogP contribution in [0.4, 0.5) is 4.39 Å². The van der Waals surface area contributed by atoms with E-state index in [2.05, 4.69) is 0 Å².